The zero-order valence-corrected chi connectivity index (χ0v) is 17.7. The molecule has 2 aromatic carbocycles. The van der Waals surface area contributed by atoms with Crippen LogP contribution in [0.4, 0.5) is 0 Å². The number of thiophene rings is 1. The van der Waals surface area contributed by atoms with E-state index in [4.69, 9.17) is 10.5 Å². The van der Waals surface area contributed by atoms with Gasteiger partial charge in [-0.05, 0) is 54.1 Å². The van der Waals surface area contributed by atoms with Gasteiger partial charge in [0.05, 0.1) is 13.5 Å². The number of hydrogen-bond donors (Lipinski definition) is 2. The maximum Gasteiger partial charge on any atom is 0.341 e. The molecule has 1 atom stereocenters. The highest BCUT2D eigenvalue weighted by atomic mass is 32.2. The Morgan fingerprint density at radius 3 is 2.37 bits per heavy atom. The lowest BCUT2D eigenvalue weighted by Crippen LogP contribution is -2.54. The van der Waals surface area contributed by atoms with E-state index >= 15 is 0 Å². The van der Waals surface area contributed by atoms with Crippen LogP contribution in [0.25, 0.3) is 10.4 Å². The van der Waals surface area contributed by atoms with E-state index in [2.05, 4.69) is 11.8 Å². The van der Waals surface area contributed by atoms with Crippen molar-refractivity contribution in [3.05, 3.63) is 72.3 Å². The molecule has 154 valence electrons. The number of carboxylic acid groups (broad SMARTS) is 1. The number of carboxylic acids is 1. The summed E-state index contributed by atoms with van der Waals surface area (Å²) in [5, 5.41) is 9.63. The van der Waals surface area contributed by atoms with Crippen LogP contribution in [0.2, 0.25) is 0 Å². The Balaban J connectivity index is 1.91. The van der Waals surface area contributed by atoms with Crippen LogP contribution in [0.1, 0.15) is 12.0 Å². The number of nitrogens with two attached hydrogens (primary N) is 1. The van der Waals surface area contributed by atoms with Gasteiger partial charge in [-0.25, -0.2) is 13.2 Å². The third-order valence-electron chi connectivity index (χ3n) is 4.42. The minimum Gasteiger partial charge on any atom is -0.497 e. The lowest BCUT2D eigenvalue weighted by Gasteiger charge is -2.21. The zero-order valence-electron chi connectivity index (χ0n) is 16.0. The van der Waals surface area contributed by atoms with E-state index in [0.29, 0.717) is 16.2 Å². The summed E-state index contributed by atoms with van der Waals surface area (Å²) in [4.78, 5) is 9.96. The smallest absolute Gasteiger partial charge is 0.341 e. The number of carbonyl (C=O) groups is 1. The Bertz CT molecular complexity index is 1210. The quantitative estimate of drug-likeness (QED) is 0.568. The van der Waals surface area contributed by atoms with Gasteiger partial charge in [0, 0.05) is 10.4 Å². The standard InChI is InChI=1S/C22H19NO5S2/c1-28-18-11-9-17(10-12-18)19-13-14-20(29-19)30(26,27)22(23,21(24)25)15-5-8-16-6-3-2-4-7-16/h2-4,6-7,9-14H,15,23H2,1H3,(H,24,25). The average Bonchev–Trinajstić information content (AvgIpc) is 3.25. The molecule has 0 saturated carbocycles. The first-order chi connectivity index (χ1) is 14.3. The van der Waals surface area contributed by atoms with E-state index in [-0.39, 0.29) is 4.21 Å². The Morgan fingerprint density at radius 2 is 1.77 bits per heavy atom. The normalized spacial score (nSPS) is 13.0. The van der Waals surface area contributed by atoms with E-state index in [9.17, 15) is 18.3 Å². The van der Waals surface area contributed by atoms with Crippen molar-refractivity contribution in [3.63, 3.8) is 0 Å². The highest BCUT2D eigenvalue weighted by molar-refractivity contribution is 7.95. The van der Waals surface area contributed by atoms with Gasteiger partial charge in [0.15, 0.2) is 0 Å². The molecule has 0 bridgehead atoms. The number of rotatable bonds is 6. The van der Waals surface area contributed by atoms with Gasteiger partial charge < -0.3 is 15.6 Å². The predicted octanol–water partition coefficient (Wildman–Crippen LogP) is 3.38. The fourth-order valence-electron chi connectivity index (χ4n) is 2.64. The van der Waals surface area contributed by atoms with Crippen LogP contribution in [0.3, 0.4) is 0 Å². The van der Waals surface area contributed by atoms with E-state index in [1.165, 1.54) is 6.07 Å². The summed E-state index contributed by atoms with van der Waals surface area (Å²) in [6.07, 6.45) is -0.546. The highest BCUT2D eigenvalue weighted by Crippen LogP contribution is 2.35. The third kappa shape index (κ3) is 4.24. The third-order valence-corrected chi connectivity index (χ3v) is 8.20. The van der Waals surface area contributed by atoms with Crippen molar-refractivity contribution < 1.29 is 23.1 Å². The molecule has 3 rings (SSSR count). The van der Waals surface area contributed by atoms with Crippen molar-refractivity contribution in [2.45, 2.75) is 15.5 Å². The SMILES string of the molecule is COc1ccc(-c2ccc(S(=O)(=O)C(N)(CC#Cc3ccccc3)C(=O)O)s2)cc1. The number of hydrogen-bond acceptors (Lipinski definition) is 6. The molecule has 3 N–H and O–H groups in total. The molecular formula is C22H19NO5S2. The topological polar surface area (TPSA) is 107 Å². The molecule has 6 nitrogen and oxygen atoms in total. The average molecular weight is 442 g/mol. The number of benzene rings is 2. The number of ether oxygens (including phenoxy) is 1. The van der Waals surface area contributed by atoms with Crippen LogP contribution in [0.5, 0.6) is 5.75 Å². The Labute approximate surface area is 178 Å². The zero-order chi connectivity index (χ0) is 21.8. The molecule has 3 aromatic rings. The Kier molecular flexibility index (Phi) is 6.27. The maximum atomic E-state index is 13.1. The van der Waals surface area contributed by atoms with Gasteiger partial charge in [-0.3, -0.25) is 0 Å². The molecule has 0 spiro atoms. The summed E-state index contributed by atoms with van der Waals surface area (Å²) >= 11 is 0.960. The van der Waals surface area contributed by atoms with Crippen LogP contribution in [0.15, 0.2) is 70.9 Å². The lowest BCUT2D eigenvalue weighted by molar-refractivity contribution is -0.139. The highest BCUT2D eigenvalue weighted by Gasteiger charge is 2.48. The van der Waals surface area contributed by atoms with Gasteiger partial charge in [0.1, 0.15) is 9.96 Å². The molecule has 0 amide bonds. The summed E-state index contributed by atoms with van der Waals surface area (Å²) < 4.78 is 31.2. The predicted molar refractivity (Wildman–Crippen MR) is 116 cm³/mol. The molecule has 1 heterocycles. The minimum absolute atomic E-state index is 0.125. The van der Waals surface area contributed by atoms with Crippen LogP contribution in [-0.2, 0) is 14.6 Å². The fraction of sp³-hybridized carbons (Fsp3) is 0.136. The molecule has 8 heteroatoms. The van der Waals surface area contributed by atoms with Gasteiger partial charge in [-0.2, -0.15) is 0 Å². The van der Waals surface area contributed by atoms with E-state index in [0.717, 1.165) is 16.9 Å². The van der Waals surface area contributed by atoms with Crippen molar-refractivity contribution in [3.8, 4) is 28.0 Å². The first kappa shape index (κ1) is 21.6. The largest absolute Gasteiger partial charge is 0.497 e. The summed E-state index contributed by atoms with van der Waals surface area (Å²) in [6, 6.07) is 18.9. The van der Waals surface area contributed by atoms with Crippen molar-refractivity contribution in [1.29, 1.82) is 0 Å². The molecular weight excluding hydrogens is 422 g/mol. The number of aliphatic carboxylic acids is 1. The van der Waals surface area contributed by atoms with Gasteiger partial charge in [-0.1, -0.05) is 30.0 Å². The van der Waals surface area contributed by atoms with Gasteiger partial charge in [0.2, 0.25) is 14.7 Å². The van der Waals surface area contributed by atoms with Crippen LogP contribution >= 0.6 is 11.3 Å². The number of methoxy groups -OCH3 is 1. The van der Waals surface area contributed by atoms with Crippen LogP contribution in [0, 0.1) is 11.8 Å². The Morgan fingerprint density at radius 1 is 1.10 bits per heavy atom. The molecule has 1 aromatic heterocycles. The fourth-order valence-corrected chi connectivity index (χ4v) is 5.63. The van der Waals surface area contributed by atoms with Gasteiger partial charge in [-0.15, -0.1) is 11.3 Å². The molecule has 0 fully saturated rings. The molecule has 30 heavy (non-hydrogen) atoms. The summed E-state index contributed by atoms with van der Waals surface area (Å²) in [5.41, 5.74) is 7.32. The second-order valence-electron chi connectivity index (χ2n) is 6.39. The van der Waals surface area contributed by atoms with Gasteiger partial charge >= 0.3 is 5.97 Å². The summed E-state index contributed by atoms with van der Waals surface area (Å²) in [5.74, 6) is 4.39. The van der Waals surface area contributed by atoms with E-state index in [1.807, 2.05) is 6.07 Å². The second-order valence-corrected chi connectivity index (χ2v) is 9.91. The lowest BCUT2D eigenvalue weighted by atomic mass is 10.2. The first-order valence-electron chi connectivity index (χ1n) is 8.83. The summed E-state index contributed by atoms with van der Waals surface area (Å²) in [6.45, 7) is 0. The Hall–Kier alpha value is -3.12. The molecule has 0 radical (unpaired) electrons. The van der Waals surface area contributed by atoms with E-state index in [1.54, 1.807) is 61.7 Å². The molecule has 0 aliphatic carbocycles. The van der Waals surface area contributed by atoms with Crippen LogP contribution in [-0.4, -0.2) is 31.5 Å². The molecule has 1 unspecified atom stereocenters. The maximum absolute atomic E-state index is 13.1. The van der Waals surface area contributed by atoms with Crippen molar-refractivity contribution in [1.82, 2.24) is 0 Å². The van der Waals surface area contributed by atoms with E-state index < -0.39 is 27.1 Å². The van der Waals surface area contributed by atoms with Crippen molar-refractivity contribution in [2.24, 2.45) is 5.73 Å². The minimum atomic E-state index is -4.38. The summed E-state index contributed by atoms with van der Waals surface area (Å²) in [7, 11) is -2.83. The monoisotopic (exact) mass is 441 g/mol. The second kappa shape index (κ2) is 8.71. The number of sulfone groups is 1. The van der Waals surface area contributed by atoms with Crippen molar-refractivity contribution >= 4 is 27.1 Å². The van der Waals surface area contributed by atoms with Gasteiger partial charge in [0.25, 0.3) is 0 Å². The van der Waals surface area contributed by atoms with Crippen molar-refractivity contribution in [2.75, 3.05) is 7.11 Å². The molecule has 0 saturated heterocycles. The van der Waals surface area contributed by atoms with Crippen LogP contribution < -0.4 is 10.5 Å². The molecule has 0 aliphatic heterocycles. The molecule has 0 aliphatic rings. The first-order valence-corrected chi connectivity index (χ1v) is 11.1.